The lowest BCUT2D eigenvalue weighted by Gasteiger charge is -2.33. The summed E-state index contributed by atoms with van der Waals surface area (Å²) >= 11 is -0.637. The Kier molecular flexibility index (Phi) is 4.31. The van der Waals surface area contributed by atoms with E-state index < -0.39 is 34.8 Å². The minimum Gasteiger partial charge on any atom is -0.467 e. The maximum atomic E-state index is 13.2. The summed E-state index contributed by atoms with van der Waals surface area (Å²) in [5.74, 6) is -2.42. The molecule has 2 aromatic rings. The summed E-state index contributed by atoms with van der Waals surface area (Å²) in [5, 5.41) is 0.138. The van der Waals surface area contributed by atoms with Crippen LogP contribution in [0, 0.1) is 0 Å². The number of hydrogen-bond donors (Lipinski definition) is 1. The molecule has 1 N–H and O–H groups in total. The molecule has 23 heavy (non-hydrogen) atoms. The highest BCUT2D eigenvalue weighted by Crippen LogP contribution is 2.56. The lowest BCUT2D eigenvalue weighted by atomic mass is 10.1. The Bertz CT molecular complexity index is 707. The summed E-state index contributed by atoms with van der Waals surface area (Å²) in [6, 6.07) is 5.86. The van der Waals surface area contributed by atoms with Crippen molar-refractivity contribution in [2.24, 2.45) is 0 Å². The number of aromatic nitrogens is 1. The van der Waals surface area contributed by atoms with Crippen molar-refractivity contribution in [3.8, 4) is 0 Å². The molecule has 2 rings (SSSR count). The van der Waals surface area contributed by atoms with Gasteiger partial charge in [0.05, 0.1) is 7.11 Å². The van der Waals surface area contributed by atoms with Crippen molar-refractivity contribution in [3.05, 3.63) is 30.5 Å². The van der Waals surface area contributed by atoms with Crippen molar-refractivity contribution in [3.63, 3.8) is 0 Å². The highest BCUT2D eigenvalue weighted by atomic mass is 32.2. The molecule has 126 valence electrons. The third-order valence-electron chi connectivity index (χ3n) is 3.09. The van der Waals surface area contributed by atoms with E-state index in [1.54, 1.807) is 6.07 Å². The molecule has 0 radical (unpaired) electrons. The molecule has 0 spiro atoms. The number of ether oxygens (including phenoxy) is 1. The zero-order valence-corrected chi connectivity index (χ0v) is 12.2. The summed E-state index contributed by atoms with van der Waals surface area (Å²) in [6.45, 7) is 0. The summed E-state index contributed by atoms with van der Waals surface area (Å²) < 4.78 is 78.6. The van der Waals surface area contributed by atoms with E-state index in [2.05, 4.69) is 9.72 Å². The van der Waals surface area contributed by atoms with Crippen LogP contribution in [0.5, 0.6) is 0 Å². The number of alkyl halides is 6. The molecule has 0 aliphatic rings. The average molecular weight is 357 g/mol. The van der Waals surface area contributed by atoms with Gasteiger partial charge in [-0.1, -0.05) is 30.0 Å². The number of fused-ring (bicyclic) bond motifs is 1. The number of aromatic amines is 1. The predicted molar refractivity (Wildman–Crippen MR) is 71.0 cm³/mol. The van der Waals surface area contributed by atoms with Gasteiger partial charge in [-0.3, -0.25) is 0 Å². The van der Waals surface area contributed by atoms with E-state index in [9.17, 15) is 31.1 Å². The second-order valence-electron chi connectivity index (χ2n) is 4.47. The van der Waals surface area contributed by atoms with Gasteiger partial charge in [-0.2, -0.15) is 26.3 Å². The number of thioether (sulfide) groups is 1. The molecule has 0 saturated heterocycles. The van der Waals surface area contributed by atoms with Crippen LogP contribution in [-0.2, 0) is 9.53 Å². The molecule has 0 bridgehead atoms. The summed E-state index contributed by atoms with van der Waals surface area (Å²) in [7, 11) is 0.477. The van der Waals surface area contributed by atoms with Gasteiger partial charge in [0.1, 0.15) is 0 Å². The first-order valence-electron chi connectivity index (χ1n) is 6.01. The molecule has 10 heteroatoms. The monoisotopic (exact) mass is 357 g/mol. The molecule has 0 fully saturated rings. The van der Waals surface area contributed by atoms with Crippen molar-refractivity contribution in [1.82, 2.24) is 4.98 Å². The van der Waals surface area contributed by atoms with Crippen LogP contribution in [0.2, 0.25) is 0 Å². The van der Waals surface area contributed by atoms with E-state index >= 15 is 0 Å². The fraction of sp³-hybridized carbons (Fsp3) is 0.308. The van der Waals surface area contributed by atoms with Crippen molar-refractivity contribution in [2.45, 2.75) is 22.0 Å². The third-order valence-corrected chi connectivity index (χ3v) is 4.58. The zero-order valence-electron chi connectivity index (χ0n) is 11.4. The van der Waals surface area contributed by atoms with E-state index in [4.69, 9.17) is 0 Å². The van der Waals surface area contributed by atoms with Crippen molar-refractivity contribution >= 4 is 28.6 Å². The number of nitrogens with one attached hydrogen (secondary N) is 1. The van der Waals surface area contributed by atoms with Gasteiger partial charge in [-0.15, -0.1) is 0 Å². The van der Waals surface area contributed by atoms with Crippen molar-refractivity contribution < 1.29 is 35.9 Å². The molecule has 0 aliphatic heterocycles. The number of methoxy groups -OCH3 is 1. The largest absolute Gasteiger partial charge is 0.467 e. The number of benzene rings is 1. The average Bonchev–Trinajstić information content (AvgIpc) is 2.84. The number of H-pyrrole nitrogens is 1. The SMILES string of the molecule is COC(=O)C(Sc1c[nH]c2ccccc12)(C(F)(F)F)C(F)(F)F. The van der Waals surface area contributed by atoms with Gasteiger partial charge in [0.15, 0.2) is 0 Å². The fourth-order valence-corrected chi connectivity index (χ4v) is 3.12. The van der Waals surface area contributed by atoms with E-state index in [1.807, 2.05) is 0 Å². The lowest BCUT2D eigenvalue weighted by molar-refractivity contribution is -0.264. The van der Waals surface area contributed by atoms with Crippen LogP contribution in [0.15, 0.2) is 35.4 Å². The first-order chi connectivity index (χ1) is 10.5. The second-order valence-corrected chi connectivity index (χ2v) is 5.73. The van der Waals surface area contributed by atoms with Gasteiger partial charge >= 0.3 is 23.1 Å². The molecular weight excluding hydrogens is 348 g/mol. The number of halogens is 6. The summed E-state index contributed by atoms with van der Waals surface area (Å²) in [6.07, 6.45) is -10.8. The Hall–Kier alpha value is -1.84. The van der Waals surface area contributed by atoms with Gasteiger partial charge in [0, 0.05) is 22.0 Å². The maximum absolute atomic E-state index is 13.2. The lowest BCUT2D eigenvalue weighted by Crippen LogP contribution is -2.60. The molecule has 0 aliphatic carbocycles. The molecule has 0 unspecified atom stereocenters. The zero-order chi connectivity index (χ0) is 17.5. The number of carbonyl (C=O) groups excluding carboxylic acids is 1. The second kappa shape index (κ2) is 5.66. The summed E-state index contributed by atoms with van der Waals surface area (Å²) in [5.41, 5.74) is 0.345. The molecule has 3 nitrogen and oxygen atoms in total. The maximum Gasteiger partial charge on any atom is 0.423 e. The predicted octanol–water partition coefficient (Wildman–Crippen LogP) is 4.30. The van der Waals surface area contributed by atoms with E-state index in [1.165, 1.54) is 18.2 Å². The van der Waals surface area contributed by atoms with Crippen LogP contribution >= 0.6 is 11.8 Å². The third kappa shape index (κ3) is 2.75. The smallest absolute Gasteiger partial charge is 0.423 e. The molecular formula is C13H9F6NO2S. The van der Waals surface area contributed by atoms with Crippen LogP contribution in [0.3, 0.4) is 0 Å². The first-order valence-corrected chi connectivity index (χ1v) is 6.83. The Morgan fingerprint density at radius 1 is 1.09 bits per heavy atom. The molecule has 1 aromatic heterocycles. The minimum absolute atomic E-state index is 0.138. The number of para-hydroxylation sites is 1. The van der Waals surface area contributed by atoms with Crippen LogP contribution in [0.1, 0.15) is 0 Å². The van der Waals surface area contributed by atoms with Crippen LogP contribution in [0.25, 0.3) is 10.9 Å². The van der Waals surface area contributed by atoms with Crippen LogP contribution in [-0.4, -0.2) is 35.2 Å². The van der Waals surface area contributed by atoms with E-state index in [0.29, 0.717) is 12.6 Å². The van der Waals surface area contributed by atoms with Gasteiger partial charge in [-0.05, 0) is 6.07 Å². The Morgan fingerprint density at radius 3 is 2.17 bits per heavy atom. The number of esters is 1. The van der Waals surface area contributed by atoms with E-state index in [0.717, 1.165) is 6.20 Å². The van der Waals surface area contributed by atoms with Gasteiger partial charge in [-0.25, -0.2) is 4.79 Å². The van der Waals surface area contributed by atoms with Crippen molar-refractivity contribution in [1.29, 1.82) is 0 Å². The number of rotatable bonds is 3. The van der Waals surface area contributed by atoms with Crippen LogP contribution in [0.4, 0.5) is 26.3 Å². The minimum atomic E-state index is -5.90. The van der Waals surface area contributed by atoms with Gasteiger partial charge in [0.2, 0.25) is 0 Å². The number of carbonyl (C=O) groups is 1. The van der Waals surface area contributed by atoms with Gasteiger partial charge in [0.25, 0.3) is 0 Å². The van der Waals surface area contributed by atoms with Crippen molar-refractivity contribution in [2.75, 3.05) is 7.11 Å². The van der Waals surface area contributed by atoms with E-state index in [-0.39, 0.29) is 10.3 Å². The topological polar surface area (TPSA) is 42.1 Å². The number of hydrogen-bond acceptors (Lipinski definition) is 3. The fourth-order valence-electron chi connectivity index (χ4n) is 1.99. The Balaban J connectivity index is 2.65. The van der Waals surface area contributed by atoms with Gasteiger partial charge < -0.3 is 9.72 Å². The molecule has 0 atom stereocenters. The molecule has 0 saturated carbocycles. The molecule has 0 amide bonds. The highest BCUT2D eigenvalue weighted by Gasteiger charge is 2.77. The Morgan fingerprint density at radius 2 is 1.65 bits per heavy atom. The highest BCUT2D eigenvalue weighted by molar-refractivity contribution is 8.01. The standard InChI is InChI=1S/C13H9F6NO2S/c1-22-10(21)11(12(14,15)16,13(17,18)19)23-9-6-20-8-5-3-2-4-7(8)9/h2-6,20H,1H3. The molecule has 1 heterocycles. The first kappa shape index (κ1) is 17.5. The van der Waals surface area contributed by atoms with Crippen LogP contribution < -0.4 is 0 Å². The Labute approximate surface area is 130 Å². The molecule has 1 aromatic carbocycles. The summed E-state index contributed by atoms with van der Waals surface area (Å²) in [4.78, 5) is 13.7. The normalized spacial score (nSPS) is 13.3. The quantitative estimate of drug-likeness (QED) is 0.506.